The molecule has 2 atom stereocenters. The molecule has 0 aromatic heterocycles. The van der Waals surface area contributed by atoms with E-state index in [1.54, 1.807) is 49.6 Å². The van der Waals surface area contributed by atoms with Crippen molar-refractivity contribution in [3.63, 3.8) is 0 Å². The molecule has 2 amide bonds. The lowest BCUT2D eigenvalue weighted by Gasteiger charge is -2.33. The molecule has 11 heteroatoms. The Hall–Kier alpha value is -3.57. The molecule has 0 saturated heterocycles. The van der Waals surface area contributed by atoms with E-state index in [1.165, 1.54) is 24.1 Å². The Kier molecular flexibility index (Phi) is 12.0. The fraction of sp³-hybridized carbons (Fsp3) is 0.375. The molecular formula is C32H40BrN3O6S. The van der Waals surface area contributed by atoms with Gasteiger partial charge in [0.1, 0.15) is 24.1 Å². The van der Waals surface area contributed by atoms with Crippen LogP contribution in [0.25, 0.3) is 0 Å². The average Bonchev–Trinajstić information content (AvgIpc) is 3.00. The maximum absolute atomic E-state index is 14.2. The van der Waals surface area contributed by atoms with Gasteiger partial charge in [0.05, 0.1) is 29.3 Å². The summed E-state index contributed by atoms with van der Waals surface area (Å²) in [6.07, 6.45) is 1.07. The molecule has 0 bridgehead atoms. The van der Waals surface area contributed by atoms with Crippen molar-refractivity contribution in [3.05, 3.63) is 82.3 Å². The van der Waals surface area contributed by atoms with Crippen molar-refractivity contribution < 1.29 is 27.5 Å². The average molecular weight is 675 g/mol. The van der Waals surface area contributed by atoms with Crippen LogP contribution in [0.2, 0.25) is 0 Å². The molecular weight excluding hydrogens is 634 g/mol. The maximum Gasteiger partial charge on any atom is 0.264 e. The van der Waals surface area contributed by atoms with Crippen molar-refractivity contribution in [2.24, 2.45) is 0 Å². The first kappa shape index (κ1) is 33.9. The maximum atomic E-state index is 14.2. The van der Waals surface area contributed by atoms with Gasteiger partial charge in [-0.2, -0.15) is 0 Å². The molecule has 0 heterocycles. The molecule has 0 saturated carbocycles. The van der Waals surface area contributed by atoms with Crippen LogP contribution in [0.1, 0.15) is 44.7 Å². The van der Waals surface area contributed by atoms with Gasteiger partial charge in [0.25, 0.3) is 10.0 Å². The number of carbonyl (C=O) groups excluding carboxylic acids is 2. The molecule has 3 aromatic carbocycles. The minimum Gasteiger partial charge on any atom is -0.497 e. The number of methoxy groups -OCH3 is 2. The number of hydrogen-bond acceptors (Lipinski definition) is 6. The van der Waals surface area contributed by atoms with E-state index in [9.17, 15) is 18.0 Å². The molecule has 0 aliphatic rings. The third-order valence-electron chi connectivity index (χ3n) is 7.21. The molecule has 43 heavy (non-hydrogen) atoms. The summed E-state index contributed by atoms with van der Waals surface area (Å²) in [7, 11) is -1.16. The Labute approximate surface area is 263 Å². The van der Waals surface area contributed by atoms with Gasteiger partial charge in [0, 0.05) is 12.6 Å². The summed E-state index contributed by atoms with van der Waals surface area (Å²) in [4.78, 5) is 29.1. The van der Waals surface area contributed by atoms with Crippen LogP contribution in [0, 0.1) is 6.92 Å². The number of halogens is 1. The number of benzene rings is 3. The molecule has 3 aromatic rings. The van der Waals surface area contributed by atoms with E-state index < -0.39 is 28.5 Å². The van der Waals surface area contributed by atoms with E-state index in [4.69, 9.17) is 9.47 Å². The fourth-order valence-corrected chi connectivity index (χ4v) is 6.60. The van der Waals surface area contributed by atoms with Gasteiger partial charge in [-0.15, -0.1) is 0 Å². The van der Waals surface area contributed by atoms with Crippen molar-refractivity contribution in [2.75, 3.05) is 25.1 Å². The van der Waals surface area contributed by atoms with E-state index >= 15 is 0 Å². The summed E-state index contributed by atoms with van der Waals surface area (Å²) in [5.41, 5.74) is 2.04. The second-order valence-corrected chi connectivity index (χ2v) is 13.0. The minimum atomic E-state index is -4.22. The summed E-state index contributed by atoms with van der Waals surface area (Å²) in [6.45, 7) is 7.18. The molecule has 232 valence electrons. The quantitative estimate of drug-likeness (QED) is 0.236. The molecule has 9 nitrogen and oxygen atoms in total. The second kappa shape index (κ2) is 15.2. The number of ether oxygens (including phenoxy) is 2. The Balaban J connectivity index is 2.07. The van der Waals surface area contributed by atoms with Gasteiger partial charge in [-0.25, -0.2) is 8.42 Å². The topological polar surface area (TPSA) is 105 Å². The molecule has 0 radical (unpaired) electrons. The van der Waals surface area contributed by atoms with Crippen molar-refractivity contribution in [1.29, 1.82) is 0 Å². The van der Waals surface area contributed by atoms with Gasteiger partial charge in [-0.05, 0) is 90.6 Å². The summed E-state index contributed by atoms with van der Waals surface area (Å²) in [5.74, 6) is 0.326. The Morgan fingerprint density at radius 1 is 0.930 bits per heavy atom. The van der Waals surface area contributed by atoms with Crippen LogP contribution >= 0.6 is 15.9 Å². The standard InChI is InChI=1S/C32H40BrN3O6S/c1-7-23(4)34-32(38)29(8-2)35(20-24-11-15-26(41-5)16-12-24)31(37)21-36(25-13-9-22(3)10-14-25)43(39,40)27-17-18-30(42-6)28(33)19-27/h9-19,23,29H,7-8,20-21H2,1-6H3,(H,34,38)/t23-,29-/m0/s1. The number of carbonyl (C=O) groups is 2. The third kappa shape index (κ3) is 8.51. The van der Waals surface area contributed by atoms with Crippen molar-refractivity contribution in [1.82, 2.24) is 10.2 Å². The summed E-state index contributed by atoms with van der Waals surface area (Å²) >= 11 is 3.37. The van der Waals surface area contributed by atoms with Gasteiger partial charge in [-0.3, -0.25) is 13.9 Å². The highest BCUT2D eigenvalue weighted by Gasteiger charge is 2.34. The Bertz CT molecular complexity index is 1500. The Morgan fingerprint density at radius 2 is 1.58 bits per heavy atom. The monoisotopic (exact) mass is 673 g/mol. The molecule has 0 unspecified atom stereocenters. The molecule has 0 aliphatic heterocycles. The van der Waals surface area contributed by atoms with Crippen LogP contribution in [0.5, 0.6) is 11.5 Å². The molecule has 0 aliphatic carbocycles. The number of sulfonamides is 1. The van der Waals surface area contributed by atoms with E-state index in [0.29, 0.717) is 28.1 Å². The zero-order valence-electron chi connectivity index (χ0n) is 25.5. The van der Waals surface area contributed by atoms with Gasteiger partial charge in [0.2, 0.25) is 11.8 Å². The number of nitrogens with one attached hydrogen (secondary N) is 1. The predicted octanol–water partition coefficient (Wildman–Crippen LogP) is 5.69. The number of nitrogens with zero attached hydrogens (tertiary/aromatic N) is 2. The summed E-state index contributed by atoms with van der Waals surface area (Å²) in [6, 6.07) is 17.6. The van der Waals surface area contributed by atoms with Crippen LogP contribution < -0.4 is 19.1 Å². The lowest BCUT2D eigenvalue weighted by molar-refractivity contribution is -0.140. The fourth-order valence-electron chi connectivity index (χ4n) is 4.46. The first-order valence-electron chi connectivity index (χ1n) is 14.1. The van der Waals surface area contributed by atoms with Gasteiger partial charge in [0.15, 0.2) is 0 Å². The molecule has 3 rings (SSSR count). The first-order chi connectivity index (χ1) is 20.4. The van der Waals surface area contributed by atoms with Crippen LogP contribution in [-0.4, -0.2) is 58.0 Å². The number of amides is 2. The number of anilines is 1. The number of aryl methyl sites for hydroxylation is 1. The minimum absolute atomic E-state index is 0.0168. The highest BCUT2D eigenvalue weighted by atomic mass is 79.9. The molecule has 0 fully saturated rings. The van der Waals surface area contributed by atoms with Gasteiger partial charge in [-0.1, -0.05) is 43.7 Å². The zero-order valence-corrected chi connectivity index (χ0v) is 27.9. The van der Waals surface area contributed by atoms with Gasteiger partial charge < -0.3 is 19.7 Å². The van der Waals surface area contributed by atoms with Crippen LogP contribution in [-0.2, 0) is 26.2 Å². The van der Waals surface area contributed by atoms with E-state index in [2.05, 4.69) is 21.2 Å². The first-order valence-corrected chi connectivity index (χ1v) is 16.3. The number of rotatable bonds is 14. The van der Waals surface area contributed by atoms with Crippen LogP contribution in [0.4, 0.5) is 5.69 Å². The lowest BCUT2D eigenvalue weighted by Crippen LogP contribution is -2.53. The van der Waals surface area contributed by atoms with E-state index in [0.717, 1.165) is 21.9 Å². The van der Waals surface area contributed by atoms with Crippen molar-refractivity contribution in [3.8, 4) is 11.5 Å². The highest BCUT2D eigenvalue weighted by Crippen LogP contribution is 2.31. The zero-order chi connectivity index (χ0) is 31.7. The van der Waals surface area contributed by atoms with Crippen molar-refractivity contribution in [2.45, 2.75) is 64.1 Å². The second-order valence-electron chi connectivity index (χ2n) is 10.3. The summed E-state index contributed by atoms with van der Waals surface area (Å²) < 4.78 is 40.3. The summed E-state index contributed by atoms with van der Waals surface area (Å²) in [5, 5.41) is 2.98. The SMILES string of the molecule is CC[C@H](C)NC(=O)[C@H](CC)N(Cc1ccc(OC)cc1)C(=O)CN(c1ccc(C)cc1)S(=O)(=O)c1ccc(OC)c(Br)c1. The number of hydrogen-bond donors (Lipinski definition) is 1. The van der Waals surface area contributed by atoms with E-state index in [-0.39, 0.29) is 23.4 Å². The highest BCUT2D eigenvalue weighted by molar-refractivity contribution is 9.10. The van der Waals surface area contributed by atoms with Crippen LogP contribution in [0.15, 0.2) is 76.1 Å². The third-order valence-corrected chi connectivity index (χ3v) is 9.60. The molecule has 0 spiro atoms. The molecule has 1 N–H and O–H groups in total. The smallest absolute Gasteiger partial charge is 0.264 e. The Morgan fingerprint density at radius 3 is 2.12 bits per heavy atom. The lowest BCUT2D eigenvalue weighted by atomic mass is 10.1. The largest absolute Gasteiger partial charge is 0.497 e. The van der Waals surface area contributed by atoms with E-state index in [1.807, 2.05) is 39.8 Å². The normalized spacial score (nSPS) is 12.6. The van der Waals surface area contributed by atoms with Crippen LogP contribution in [0.3, 0.4) is 0 Å². The predicted molar refractivity (Wildman–Crippen MR) is 172 cm³/mol. The van der Waals surface area contributed by atoms with Gasteiger partial charge >= 0.3 is 0 Å². The van der Waals surface area contributed by atoms with Crippen molar-refractivity contribution >= 4 is 43.5 Å².